The van der Waals surface area contributed by atoms with Gasteiger partial charge in [0.05, 0.1) is 7.11 Å². The molecule has 0 bridgehead atoms. The lowest BCUT2D eigenvalue weighted by molar-refractivity contribution is 0.372. The van der Waals surface area contributed by atoms with Crippen LogP contribution in [0, 0.1) is 5.82 Å². The van der Waals surface area contributed by atoms with Crippen LogP contribution in [0.5, 0.6) is 5.75 Å². The Labute approximate surface area is 85.1 Å². The fraction of sp³-hybridized carbons (Fsp3) is 0.400. The fourth-order valence-corrected chi connectivity index (χ4v) is 1.29. The minimum atomic E-state index is -0.400. The number of hydrogen-bond donors (Lipinski definition) is 0. The van der Waals surface area contributed by atoms with Crippen molar-refractivity contribution >= 4 is 13.3 Å². The first-order chi connectivity index (χ1) is 6.56. The summed E-state index contributed by atoms with van der Waals surface area (Å²) in [7, 11) is 11.0. The van der Waals surface area contributed by atoms with Crippen molar-refractivity contribution in [2.75, 3.05) is 21.2 Å². The van der Waals surface area contributed by atoms with Gasteiger partial charge >= 0.3 is 0 Å². The van der Waals surface area contributed by atoms with Crippen LogP contribution >= 0.6 is 0 Å². The Morgan fingerprint density at radius 3 is 2.57 bits per heavy atom. The molecule has 14 heavy (non-hydrogen) atoms. The average molecular weight is 193 g/mol. The molecule has 1 aromatic rings. The summed E-state index contributed by atoms with van der Waals surface area (Å²) in [6.07, 6.45) is 0. The molecule has 0 aromatic heterocycles. The minimum absolute atomic E-state index is 0.165. The Bertz CT molecular complexity index is 328. The Balaban J connectivity index is 3.14. The van der Waals surface area contributed by atoms with Crippen molar-refractivity contribution in [3.8, 4) is 5.75 Å². The number of hydrogen-bond acceptors (Lipinski definition) is 2. The van der Waals surface area contributed by atoms with E-state index in [1.54, 1.807) is 13.2 Å². The molecule has 1 aromatic carbocycles. The lowest BCUT2D eigenvalue weighted by Crippen LogP contribution is -2.22. The first-order valence-corrected chi connectivity index (χ1v) is 4.31. The van der Waals surface area contributed by atoms with E-state index >= 15 is 0 Å². The van der Waals surface area contributed by atoms with Crippen LogP contribution in [0.3, 0.4) is 0 Å². The maximum Gasteiger partial charge on any atom is 0.122 e. The van der Waals surface area contributed by atoms with Crippen molar-refractivity contribution < 1.29 is 9.13 Å². The second-order valence-corrected chi connectivity index (χ2v) is 3.38. The summed E-state index contributed by atoms with van der Waals surface area (Å²) in [6.45, 7) is 0.562. The van der Waals surface area contributed by atoms with Gasteiger partial charge in [0.1, 0.15) is 19.4 Å². The normalized spacial score (nSPS) is 10.6. The van der Waals surface area contributed by atoms with Gasteiger partial charge in [-0.3, -0.25) is 0 Å². The molecule has 0 amide bonds. The number of benzene rings is 1. The summed E-state index contributed by atoms with van der Waals surface area (Å²) in [5.74, 6) is 0.222. The van der Waals surface area contributed by atoms with Gasteiger partial charge < -0.3 is 9.64 Å². The second kappa shape index (κ2) is 4.46. The summed E-state index contributed by atoms with van der Waals surface area (Å²) >= 11 is 0. The van der Waals surface area contributed by atoms with Crippen molar-refractivity contribution in [3.63, 3.8) is 0 Å². The molecule has 74 valence electrons. The van der Waals surface area contributed by atoms with Crippen molar-refractivity contribution in [1.82, 2.24) is 4.90 Å². The molecule has 0 N–H and O–H groups in total. The van der Waals surface area contributed by atoms with E-state index in [9.17, 15) is 4.39 Å². The zero-order valence-electron chi connectivity index (χ0n) is 8.67. The van der Waals surface area contributed by atoms with Crippen LogP contribution in [-0.2, 0) is 6.54 Å². The van der Waals surface area contributed by atoms with Crippen molar-refractivity contribution in [2.45, 2.75) is 6.54 Å². The lowest BCUT2D eigenvalue weighted by atomic mass is 9.89. The molecule has 0 fully saturated rings. The molecule has 2 nitrogen and oxygen atoms in total. The third-order valence-electron chi connectivity index (χ3n) is 1.96. The van der Waals surface area contributed by atoms with Gasteiger partial charge in [-0.05, 0) is 26.2 Å². The van der Waals surface area contributed by atoms with Gasteiger partial charge in [0.25, 0.3) is 0 Å². The van der Waals surface area contributed by atoms with Gasteiger partial charge in [-0.1, -0.05) is 5.46 Å². The third kappa shape index (κ3) is 2.26. The SMILES string of the molecule is [B]c1c(F)ccc(OC)c1CN(C)C. The highest BCUT2D eigenvalue weighted by Crippen LogP contribution is 2.17. The number of ether oxygens (including phenoxy) is 1. The maximum absolute atomic E-state index is 13.1. The molecule has 0 spiro atoms. The molecule has 0 aliphatic rings. The van der Waals surface area contributed by atoms with Gasteiger partial charge in [0.2, 0.25) is 0 Å². The first kappa shape index (κ1) is 11.1. The molecule has 4 heteroatoms. The quantitative estimate of drug-likeness (QED) is 0.654. The van der Waals surface area contributed by atoms with E-state index in [1.807, 2.05) is 19.0 Å². The standard InChI is InChI=1S/C10H13BFNO/c1-13(2)6-7-9(14-3)5-4-8(12)10(7)11/h4-5H,6H2,1-3H3. The fourth-order valence-electron chi connectivity index (χ4n) is 1.29. The molecule has 0 atom stereocenters. The number of nitrogens with zero attached hydrogens (tertiary/aromatic N) is 1. The van der Waals surface area contributed by atoms with Gasteiger partial charge in [-0.15, -0.1) is 0 Å². The largest absolute Gasteiger partial charge is 0.496 e. The zero-order valence-corrected chi connectivity index (χ0v) is 8.67. The van der Waals surface area contributed by atoms with E-state index in [1.165, 1.54) is 6.07 Å². The Hall–Kier alpha value is -1.03. The van der Waals surface area contributed by atoms with E-state index in [0.29, 0.717) is 17.9 Å². The maximum atomic E-state index is 13.1. The van der Waals surface area contributed by atoms with Crippen LogP contribution in [0.1, 0.15) is 5.56 Å². The van der Waals surface area contributed by atoms with Crippen LogP contribution in [0.25, 0.3) is 0 Å². The molecule has 0 unspecified atom stereocenters. The molecule has 1 rings (SSSR count). The van der Waals surface area contributed by atoms with Gasteiger partial charge in [-0.2, -0.15) is 0 Å². The zero-order chi connectivity index (χ0) is 10.7. The predicted molar refractivity (Wildman–Crippen MR) is 55.7 cm³/mol. The number of rotatable bonds is 3. The van der Waals surface area contributed by atoms with Gasteiger partial charge in [0, 0.05) is 12.1 Å². The minimum Gasteiger partial charge on any atom is -0.496 e. The van der Waals surface area contributed by atoms with Crippen LogP contribution in [0.15, 0.2) is 12.1 Å². The Morgan fingerprint density at radius 2 is 2.07 bits per heavy atom. The monoisotopic (exact) mass is 193 g/mol. The van der Waals surface area contributed by atoms with E-state index in [-0.39, 0.29) is 5.46 Å². The van der Waals surface area contributed by atoms with Gasteiger partial charge in [0.15, 0.2) is 0 Å². The molecular weight excluding hydrogens is 180 g/mol. The Morgan fingerprint density at radius 1 is 1.43 bits per heavy atom. The first-order valence-electron chi connectivity index (χ1n) is 4.31. The molecule has 0 aliphatic heterocycles. The van der Waals surface area contributed by atoms with Crippen molar-refractivity contribution in [2.24, 2.45) is 0 Å². The van der Waals surface area contributed by atoms with Gasteiger partial charge in [-0.25, -0.2) is 4.39 Å². The Kier molecular flexibility index (Phi) is 3.52. The van der Waals surface area contributed by atoms with Crippen LogP contribution < -0.4 is 10.2 Å². The third-order valence-corrected chi connectivity index (χ3v) is 1.96. The van der Waals surface area contributed by atoms with Crippen molar-refractivity contribution in [3.05, 3.63) is 23.5 Å². The smallest absolute Gasteiger partial charge is 0.122 e. The van der Waals surface area contributed by atoms with Crippen LogP contribution in [-0.4, -0.2) is 34.0 Å². The lowest BCUT2D eigenvalue weighted by Gasteiger charge is -2.16. The molecule has 0 saturated heterocycles. The molecule has 2 radical (unpaired) electrons. The second-order valence-electron chi connectivity index (χ2n) is 3.38. The highest BCUT2D eigenvalue weighted by atomic mass is 19.1. The number of methoxy groups -OCH3 is 1. The van der Waals surface area contributed by atoms with E-state index in [0.717, 1.165) is 0 Å². The highest BCUT2D eigenvalue weighted by molar-refractivity contribution is 6.33. The molecule has 0 aliphatic carbocycles. The van der Waals surface area contributed by atoms with E-state index in [4.69, 9.17) is 12.6 Å². The summed E-state index contributed by atoms with van der Waals surface area (Å²) < 4.78 is 18.3. The van der Waals surface area contributed by atoms with Crippen LogP contribution in [0.4, 0.5) is 4.39 Å². The summed E-state index contributed by atoms with van der Waals surface area (Å²) in [4.78, 5) is 1.91. The van der Waals surface area contributed by atoms with Crippen molar-refractivity contribution in [1.29, 1.82) is 0 Å². The van der Waals surface area contributed by atoms with E-state index < -0.39 is 5.82 Å². The van der Waals surface area contributed by atoms with Crippen LogP contribution in [0.2, 0.25) is 0 Å². The predicted octanol–water partition coefficient (Wildman–Crippen LogP) is 0.690. The molecule has 0 heterocycles. The average Bonchev–Trinajstić information content (AvgIpc) is 2.13. The molecular formula is C10H13BFNO. The highest BCUT2D eigenvalue weighted by Gasteiger charge is 2.10. The summed E-state index contributed by atoms with van der Waals surface area (Å²) in [5.41, 5.74) is 0.857. The summed E-state index contributed by atoms with van der Waals surface area (Å²) in [6, 6.07) is 2.90. The topological polar surface area (TPSA) is 12.5 Å². The summed E-state index contributed by atoms with van der Waals surface area (Å²) in [5, 5.41) is 0. The number of halogens is 1. The molecule has 0 saturated carbocycles. The van der Waals surface area contributed by atoms with E-state index in [2.05, 4.69) is 0 Å².